The summed E-state index contributed by atoms with van der Waals surface area (Å²) in [6.07, 6.45) is 9.40. The number of hydrogen-bond donors (Lipinski definition) is 1. The van der Waals surface area contributed by atoms with Gasteiger partial charge in [-0.1, -0.05) is 0 Å². The maximum atomic E-state index is 12.2. The van der Waals surface area contributed by atoms with Crippen molar-refractivity contribution in [3.8, 4) is 11.4 Å². The van der Waals surface area contributed by atoms with Gasteiger partial charge in [-0.2, -0.15) is 0 Å². The van der Waals surface area contributed by atoms with Gasteiger partial charge < -0.3 is 5.32 Å². The molecule has 3 heterocycles. The van der Waals surface area contributed by atoms with Crippen molar-refractivity contribution in [2.24, 2.45) is 0 Å². The van der Waals surface area contributed by atoms with Gasteiger partial charge in [0, 0.05) is 35.4 Å². The highest BCUT2D eigenvalue weighted by Crippen LogP contribution is 2.29. The van der Waals surface area contributed by atoms with Crippen LogP contribution in [0, 0.1) is 0 Å². The smallest absolute Gasteiger partial charge is 0.242 e. The van der Waals surface area contributed by atoms with Crippen LogP contribution in [0.4, 0.5) is 0 Å². The van der Waals surface area contributed by atoms with Crippen LogP contribution < -0.4 is 5.32 Å². The minimum atomic E-state index is -0.138. The van der Waals surface area contributed by atoms with E-state index < -0.39 is 0 Å². The van der Waals surface area contributed by atoms with Crippen LogP contribution in [0.2, 0.25) is 0 Å². The molecule has 0 unspecified atom stereocenters. The largest absolute Gasteiger partial charge is 0.348 e. The van der Waals surface area contributed by atoms with Gasteiger partial charge >= 0.3 is 0 Å². The minimum absolute atomic E-state index is 0.0873. The van der Waals surface area contributed by atoms with Gasteiger partial charge in [-0.25, -0.2) is 14.6 Å². The van der Waals surface area contributed by atoms with E-state index in [-0.39, 0.29) is 18.5 Å². The Morgan fingerprint density at radius 1 is 1.36 bits per heavy atom. The maximum absolute atomic E-state index is 12.2. The van der Waals surface area contributed by atoms with Crippen LogP contribution in [0.15, 0.2) is 37.1 Å². The summed E-state index contributed by atoms with van der Waals surface area (Å²) >= 11 is 0. The summed E-state index contributed by atoms with van der Waals surface area (Å²) in [6.45, 7) is 0.0907. The van der Waals surface area contributed by atoms with E-state index in [0.717, 1.165) is 36.1 Å². The van der Waals surface area contributed by atoms with Gasteiger partial charge in [-0.3, -0.25) is 9.78 Å². The Kier molecular flexibility index (Phi) is 4.11. The Labute approximate surface area is 143 Å². The monoisotopic (exact) mass is 336 g/mol. The zero-order valence-electron chi connectivity index (χ0n) is 13.4. The molecule has 1 N–H and O–H groups in total. The Hall–Kier alpha value is -3.23. The Balaban J connectivity index is 1.53. The number of pyridine rings is 1. The first-order chi connectivity index (χ1) is 12.3. The molecule has 0 fully saturated rings. The molecule has 0 radical (unpaired) electrons. The van der Waals surface area contributed by atoms with Crippen LogP contribution in [0.25, 0.3) is 11.4 Å². The van der Waals surface area contributed by atoms with Gasteiger partial charge in [0.05, 0.1) is 6.04 Å². The summed E-state index contributed by atoms with van der Waals surface area (Å²) in [4.78, 5) is 25.4. The van der Waals surface area contributed by atoms with Gasteiger partial charge in [-0.15, -0.1) is 5.10 Å². The van der Waals surface area contributed by atoms with Crippen LogP contribution in [0.5, 0.6) is 0 Å². The molecule has 0 saturated carbocycles. The highest BCUT2D eigenvalue weighted by Gasteiger charge is 2.24. The third-order valence-electron chi connectivity index (χ3n) is 4.13. The van der Waals surface area contributed by atoms with Crippen LogP contribution >= 0.6 is 0 Å². The lowest BCUT2D eigenvalue weighted by Crippen LogP contribution is -2.34. The molecule has 1 amide bonds. The molecule has 0 aromatic carbocycles. The molecule has 4 rings (SSSR count). The third kappa shape index (κ3) is 3.35. The van der Waals surface area contributed by atoms with Crippen molar-refractivity contribution in [3.05, 3.63) is 48.3 Å². The van der Waals surface area contributed by atoms with Gasteiger partial charge in [0.2, 0.25) is 5.91 Å². The molecule has 3 aromatic heterocycles. The number of nitrogens with one attached hydrogen (secondary N) is 1. The van der Waals surface area contributed by atoms with E-state index in [4.69, 9.17) is 0 Å². The number of aromatic nitrogens is 7. The van der Waals surface area contributed by atoms with Crippen molar-refractivity contribution in [2.45, 2.75) is 31.8 Å². The number of nitrogens with zero attached hydrogens (tertiary/aromatic N) is 7. The molecular formula is C16H16N8O. The second-order valence-electron chi connectivity index (χ2n) is 5.86. The normalized spacial score (nSPS) is 16.2. The molecule has 1 atom stereocenters. The molecule has 1 aliphatic carbocycles. The summed E-state index contributed by atoms with van der Waals surface area (Å²) in [5, 5.41) is 13.8. The van der Waals surface area contributed by atoms with Crippen LogP contribution in [0.1, 0.15) is 30.1 Å². The molecule has 1 aliphatic rings. The lowest BCUT2D eigenvalue weighted by molar-refractivity contribution is -0.122. The standard InChI is InChI=1S/C16H16N8O/c25-15(9-24-10-19-22-23-24)20-13-4-1-5-14-12(13)8-18-16(21-14)11-3-2-6-17-7-11/h2-3,6-8,10,13H,1,4-5,9H2,(H,20,25)/t13-/m1/s1. The second-order valence-corrected chi connectivity index (χ2v) is 5.86. The number of fused-ring (bicyclic) bond motifs is 1. The fourth-order valence-corrected chi connectivity index (χ4v) is 2.97. The molecule has 9 nitrogen and oxygen atoms in total. The van der Waals surface area contributed by atoms with Crippen LogP contribution in [-0.2, 0) is 17.8 Å². The average molecular weight is 336 g/mol. The van der Waals surface area contributed by atoms with Gasteiger partial charge in [0.15, 0.2) is 5.82 Å². The Bertz CT molecular complexity index is 865. The van der Waals surface area contributed by atoms with Crippen molar-refractivity contribution in [1.82, 2.24) is 40.5 Å². The van der Waals surface area contributed by atoms with Crippen molar-refractivity contribution in [2.75, 3.05) is 0 Å². The SMILES string of the molecule is O=C(Cn1cnnn1)N[C@@H]1CCCc2nc(-c3cccnc3)ncc21. The van der Waals surface area contributed by atoms with E-state index in [9.17, 15) is 4.79 Å². The minimum Gasteiger partial charge on any atom is -0.348 e. The highest BCUT2D eigenvalue weighted by atomic mass is 16.2. The quantitative estimate of drug-likeness (QED) is 0.747. The number of carbonyl (C=O) groups excluding carboxylic acids is 1. The molecule has 0 spiro atoms. The van der Waals surface area contributed by atoms with E-state index >= 15 is 0 Å². The Morgan fingerprint density at radius 3 is 3.12 bits per heavy atom. The number of amides is 1. The van der Waals surface area contributed by atoms with E-state index in [0.29, 0.717) is 5.82 Å². The molecule has 0 saturated heterocycles. The molecule has 25 heavy (non-hydrogen) atoms. The first-order valence-electron chi connectivity index (χ1n) is 8.06. The van der Waals surface area contributed by atoms with E-state index in [1.54, 1.807) is 12.4 Å². The predicted octanol–water partition coefficient (Wildman–Crippen LogP) is 0.719. The molecule has 9 heteroatoms. The fourth-order valence-electron chi connectivity index (χ4n) is 2.97. The molecule has 0 aliphatic heterocycles. The molecule has 126 valence electrons. The summed E-state index contributed by atoms with van der Waals surface area (Å²) in [6, 6.07) is 3.71. The summed E-state index contributed by atoms with van der Waals surface area (Å²) in [7, 11) is 0. The van der Waals surface area contributed by atoms with Gasteiger partial charge in [0.1, 0.15) is 12.9 Å². The van der Waals surface area contributed by atoms with Crippen molar-refractivity contribution in [3.63, 3.8) is 0 Å². The number of carbonyl (C=O) groups is 1. The maximum Gasteiger partial charge on any atom is 0.242 e. The first kappa shape index (κ1) is 15.3. The van der Waals surface area contributed by atoms with Crippen LogP contribution in [-0.4, -0.2) is 41.1 Å². The summed E-state index contributed by atoms with van der Waals surface area (Å²) in [5.41, 5.74) is 2.84. The van der Waals surface area contributed by atoms with Crippen molar-refractivity contribution < 1.29 is 4.79 Å². The summed E-state index contributed by atoms with van der Waals surface area (Å²) in [5.74, 6) is 0.522. The third-order valence-corrected chi connectivity index (χ3v) is 4.13. The summed E-state index contributed by atoms with van der Waals surface area (Å²) < 4.78 is 1.39. The van der Waals surface area contributed by atoms with Crippen molar-refractivity contribution in [1.29, 1.82) is 0 Å². The van der Waals surface area contributed by atoms with Gasteiger partial charge in [-0.05, 0) is 41.8 Å². The fraction of sp³-hybridized carbons (Fsp3) is 0.312. The van der Waals surface area contributed by atoms with E-state index in [1.165, 1.54) is 11.0 Å². The number of tetrazole rings is 1. The predicted molar refractivity (Wildman–Crippen MR) is 86.9 cm³/mol. The second kappa shape index (κ2) is 6.71. The Morgan fingerprint density at radius 2 is 2.32 bits per heavy atom. The topological polar surface area (TPSA) is 111 Å². The van der Waals surface area contributed by atoms with Crippen molar-refractivity contribution >= 4 is 5.91 Å². The van der Waals surface area contributed by atoms with Gasteiger partial charge in [0.25, 0.3) is 0 Å². The number of hydrogen-bond acceptors (Lipinski definition) is 7. The lowest BCUT2D eigenvalue weighted by atomic mass is 9.92. The zero-order chi connectivity index (χ0) is 17.1. The highest BCUT2D eigenvalue weighted by molar-refractivity contribution is 5.76. The molecule has 0 bridgehead atoms. The van der Waals surface area contributed by atoms with Crippen LogP contribution in [0.3, 0.4) is 0 Å². The number of aryl methyl sites for hydroxylation is 1. The lowest BCUT2D eigenvalue weighted by Gasteiger charge is -2.25. The zero-order valence-corrected chi connectivity index (χ0v) is 13.4. The average Bonchev–Trinajstić information content (AvgIpc) is 3.15. The first-order valence-corrected chi connectivity index (χ1v) is 8.06. The number of rotatable bonds is 4. The molecule has 3 aromatic rings. The van der Waals surface area contributed by atoms with E-state index in [2.05, 4.69) is 35.8 Å². The van der Waals surface area contributed by atoms with E-state index in [1.807, 2.05) is 18.3 Å². The molecular weight excluding hydrogens is 320 g/mol.